The number of fused-ring (bicyclic) bond motifs is 1. The van der Waals surface area contributed by atoms with Crippen LogP contribution in [0.3, 0.4) is 0 Å². The molecule has 1 saturated heterocycles. The molecule has 0 aliphatic carbocycles. The second-order valence-electron chi connectivity index (χ2n) is 7.74. The Bertz CT molecular complexity index is 1010. The van der Waals surface area contributed by atoms with E-state index in [9.17, 15) is 9.59 Å². The Balaban J connectivity index is 1.46. The molecule has 1 fully saturated rings. The van der Waals surface area contributed by atoms with E-state index in [1.807, 2.05) is 36.5 Å². The normalized spacial score (nSPS) is 16.7. The van der Waals surface area contributed by atoms with Gasteiger partial charge in [0.2, 0.25) is 11.8 Å². The highest BCUT2D eigenvalue weighted by molar-refractivity contribution is 7.10. The molecule has 0 spiro atoms. The van der Waals surface area contributed by atoms with Crippen LogP contribution in [0.1, 0.15) is 23.4 Å². The van der Waals surface area contributed by atoms with E-state index in [1.54, 1.807) is 11.3 Å². The average Bonchev–Trinajstić information content (AvgIpc) is 3.44. The number of nitrogens with one attached hydrogen (secondary N) is 3. The molecule has 3 heterocycles. The van der Waals surface area contributed by atoms with E-state index in [1.165, 1.54) is 11.8 Å². The van der Waals surface area contributed by atoms with E-state index in [2.05, 4.69) is 32.0 Å². The van der Waals surface area contributed by atoms with Crippen molar-refractivity contribution >= 4 is 34.1 Å². The van der Waals surface area contributed by atoms with Gasteiger partial charge in [-0.3, -0.25) is 14.5 Å². The fraction of sp³-hybridized carbons (Fsp3) is 0.391. The van der Waals surface area contributed by atoms with Crippen LogP contribution < -0.4 is 10.6 Å². The molecule has 1 aliphatic rings. The summed E-state index contributed by atoms with van der Waals surface area (Å²) in [5, 5.41) is 9.04. The zero-order valence-corrected chi connectivity index (χ0v) is 18.4. The van der Waals surface area contributed by atoms with Crippen molar-refractivity contribution in [2.45, 2.75) is 25.4 Å². The standard InChI is InChI=1S/C23H28N4O3S/c1-16(28)26-20(13-17-14-24-19-6-3-2-5-18(17)19)23(29)25-15-21(22-7-4-12-31-22)27-8-10-30-11-9-27/h2-7,12,14,20-21,24H,8-11,13,15H2,1H3,(H,25,29)(H,26,28)/t20-,21+/m1/s1. The number of amides is 2. The molecule has 4 rings (SSSR count). The third kappa shape index (κ3) is 5.33. The number of rotatable bonds is 8. The van der Waals surface area contributed by atoms with Crippen molar-refractivity contribution < 1.29 is 14.3 Å². The number of para-hydroxylation sites is 1. The van der Waals surface area contributed by atoms with Crippen LogP contribution in [0.15, 0.2) is 48.0 Å². The lowest BCUT2D eigenvalue weighted by atomic mass is 10.0. The molecule has 1 aromatic carbocycles. The summed E-state index contributed by atoms with van der Waals surface area (Å²) in [5.74, 6) is -0.390. The van der Waals surface area contributed by atoms with Crippen LogP contribution in [-0.2, 0) is 20.7 Å². The largest absolute Gasteiger partial charge is 0.379 e. The lowest BCUT2D eigenvalue weighted by Crippen LogP contribution is -2.50. The number of aromatic nitrogens is 1. The average molecular weight is 441 g/mol. The molecule has 2 aromatic heterocycles. The van der Waals surface area contributed by atoms with Crippen LogP contribution in [-0.4, -0.2) is 60.6 Å². The zero-order chi connectivity index (χ0) is 21.6. The van der Waals surface area contributed by atoms with Crippen LogP contribution >= 0.6 is 11.3 Å². The van der Waals surface area contributed by atoms with E-state index in [0.717, 1.165) is 29.6 Å². The zero-order valence-electron chi connectivity index (χ0n) is 17.6. The maximum atomic E-state index is 13.1. The van der Waals surface area contributed by atoms with Crippen molar-refractivity contribution in [2.24, 2.45) is 0 Å². The number of nitrogens with zero attached hydrogens (tertiary/aromatic N) is 1. The molecule has 7 nitrogen and oxygen atoms in total. The van der Waals surface area contributed by atoms with Gasteiger partial charge in [0.05, 0.1) is 19.3 Å². The van der Waals surface area contributed by atoms with Crippen molar-refractivity contribution in [1.29, 1.82) is 0 Å². The number of ether oxygens (including phenoxy) is 1. The maximum absolute atomic E-state index is 13.1. The second kappa shape index (κ2) is 10.1. The number of thiophene rings is 1. The highest BCUT2D eigenvalue weighted by Crippen LogP contribution is 2.25. The third-order valence-electron chi connectivity index (χ3n) is 5.62. The predicted octanol–water partition coefficient (Wildman–Crippen LogP) is 2.47. The molecule has 8 heteroatoms. The van der Waals surface area contributed by atoms with Gasteiger partial charge >= 0.3 is 0 Å². The number of morpholine rings is 1. The molecular weight excluding hydrogens is 412 g/mol. The summed E-state index contributed by atoms with van der Waals surface area (Å²) in [6.45, 7) is 5.00. The van der Waals surface area contributed by atoms with Gasteiger partial charge < -0.3 is 20.4 Å². The van der Waals surface area contributed by atoms with Gasteiger partial charge in [0.15, 0.2) is 0 Å². The smallest absolute Gasteiger partial charge is 0.242 e. The lowest BCUT2D eigenvalue weighted by molar-refractivity contribution is -0.128. The number of hydrogen-bond acceptors (Lipinski definition) is 5. The van der Waals surface area contributed by atoms with Gasteiger partial charge in [0.25, 0.3) is 0 Å². The molecule has 0 unspecified atom stereocenters. The van der Waals surface area contributed by atoms with Gasteiger partial charge in [-0.25, -0.2) is 0 Å². The van der Waals surface area contributed by atoms with Gasteiger partial charge in [-0.2, -0.15) is 0 Å². The molecule has 0 saturated carbocycles. The van der Waals surface area contributed by atoms with Crippen LogP contribution in [0.2, 0.25) is 0 Å². The van der Waals surface area contributed by atoms with E-state index >= 15 is 0 Å². The minimum absolute atomic E-state index is 0.0962. The Morgan fingerprint density at radius 2 is 2.00 bits per heavy atom. The fourth-order valence-corrected chi connectivity index (χ4v) is 4.94. The number of carbonyl (C=O) groups excluding carboxylic acids is 2. The predicted molar refractivity (Wildman–Crippen MR) is 122 cm³/mol. The minimum Gasteiger partial charge on any atom is -0.379 e. The van der Waals surface area contributed by atoms with E-state index < -0.39 is 6.04 Å². The highest BCUT2D eigenvalue weighted by atomic mass is 32.1. The summed E-state index contributed by atoms with van der Waals surface area (Å²) >= 11 is 1.69. The van der Waals surface area contributed by atoms with Gasteiger partial charge in [0, 0.05) is 55.0 Å². The van der Waals surface area contributed by atoms with Crippen molar-refractivity contribution in [3.63, 3.8) is 0 Å². The summed E-state index contributed by atoms with van der Waals surface area (Å²) in [7, 11) is 0. The maximum Gasteiger partial charge on any atom is 0.242 e. The van der Waals surface area contributed by atoms with Gasteiger partial charge in [-0.05, 0) is 23.1 Å². The Morgan fingerprint density at radius 1 is 1.19 bits per heavy atom. The molecule has 2 amide bonds. The molecular formula is C23H28N4O3S. The molecule has 3 aromatic rings. The van der Waals surface area contributed by atoms with Crippen molar-refractivity contribution in [1.82, 2.24) is 20.5 Å². The Kier molecular flexibility index (Phi) is 7.01. The number of benzene rings is 1. The Hall–Kier alpha value is -2.68. The molecule has 0 bridgehead atoms. The molecule has 0 radical (unpaired) electrons. The number of aromatic amines is 1. The highest BCUT2D eigenvalue weighted by Gasteiger charge is 2.26. The SMILES string of the molecule is CC(=O)N[C@H](Cc1c[nH]c2ccccc12)C(=O)NC[C@@H](c1cccs1)N1CCOCC1. The van der Waals surface area contributed by atoms with Gasteiger partial charge in [-0.15, -0.1) is 11.3 Å². The van der Waals surface area contributed by atoms with E-state index in [-0.39, 0.29) is 17.9 Å². The van der Waals surface area contributed by atoms with Crippen LogP contribution in [0.5, 0.6) is 0 Å². The van der Waals surface area contributed by atoms with Gasteiger partial charge in [-0.1, -0.05) is 24.3 Å². The molecule has 2 atom stereocenters. The third-order valence-corrected chi connectivity index (χ3v) is 6.59. The summed E-state index contributed by atoms with van der Waals surface area (Å²) in [6.07, 6.45) is 2.34. The molecule has 164 valence electrons. The number of hydrogen-bond donors (Lipinski definition) is 3. The van der Waals surface area contributed by atoms with Crippen molar-refractivity contribution in [3.8, 4) is 0 Å². The topological polar surface area (TPSA) is 86.5 Å². The first-order chi connectivity index (χ1) is 15.1. The van der Waals surface area contributed by atoms with Crippen LogP contribution in [0.4, 0.5) is 0 Å². The minimum atomic E-state index is -0.634. The monoisotopic (exact) mass is 440 g/mol. The van der Waals surface area contributed by atoms with Crippen LogP contribution in [0.25, 0.3) is 10.9 Å². The Morgan fingerprint density at radius 3 is 2.74 bits per heavy atom. The van der Waals surface area contributed by atoms with E-state index in [0.29, 0.717) is 26.2 Å². The van der Waals surface area contributed by atoms with Gasteiger partial charge in [0.1, 0.15) is 6.04 Å². The molecule has 1 aliphatic heterocycles. The first kappa shape index (κ1) is 21.5. The second-order valence-corrected chi connectivity index (χ2v) is 8.72. The number of carbonyl (C=O) groups is 2. The lowest BCUT2D eigenvalue weighted by Gasteiger charge is -2.34. The summed E-state index contributed by atoms with van der Waals surface area (Å²) in [4.78, 5) is 31.7. The first-order valence-corrected chi connectivity index (χ1v) is 11.4. The van der Waals surface area contributed by atoms with Crippen molar-refractivity contribution in [3.05, 3.63) is 58.4 Å². The summed E-state index contributed by atoms with van der Waals surface area (Å²) in [5.41, 5.74) is 2.03. The summed E-state index contributed by atoms with van der Waals surface area (Å²) < 4.78 is 5.49. The van der Waals surface area contributed by atoms with E-state index in [4.69, 9.17) is 4.74 Å². The number of H-pyrrole nitrogens is 1. The first-order valence-electron chi connectivity index (χ1n) is 10.6. The van der Waals surface area contributed by atoms with Crippen molar-refractivity contribution in [2.75, 3.05) is 32.8 Å². The molecule has 3 N–H and O–H groups in total. The quantitative estimate of drug-likeness (QED) is 0.502. The molecule has 31 heavy (non-hydrogen) atoms. The van der Waals surface area contributed by atoms with Crippen LogP contribution in [0, 0.1) is 0 Å². The summed E-state index contributed by atoms with van der Waals surface area (Å²) in [6, 6.07) is 11.6. The fourth-order valence-electron chi connectivity index (χ4n) is 4.08. The Labute approximate surface area is 185 Å².